The number of benzene rings is 1. The molecule has 2 aliphatic heterocycles. The van der Waals surface area contributed by atoms with Gasteiger partial charge in [0.15, 0.2) is 0 Å². The van der Waals surface area contributed by atoms with Crippen LogP contribution in [-0.4, -0.2) is 102 Å². The Morgan fingerprint density at radius 3 is 2.49 bits per heavy atom. The highest BCUT2D eigenvalue weighted by molar-refractivity contribution is 5.95. The molecule has 1 aromatic carbocycles. The number of carbonyl (C=O) groups excluding carboxylic acids is 2. The van der Waals surface area contributed by atoms with Crippen LogP contribution in [0.4, 0.5) is 11.6 Å². The molecular weight excluding hydrogens is 478 g/mol. The molecule has 0 unspecified atom stereocenters. The van der Waals surface area contributed by atoms with Gasteiger partial charge in [0.1, 0.15) is 6.04 Å². The molecule has 0 saturated carbocycles. The first kappa shape index (κ1) is 26.3. The number of ether oxygens (including phenoxy) is 1. The van der Waals surface area contributed by atoms with Gasteiger partial charge >= 0.3 is 5.97 Å². The number of aromatic nitrogens is 2. The largest absolute Gasteiger partial charge is 0.480 e. The van der Waals surface area contributed by atoms with E-state index in [2.05, 4.69) is 30.8 Å². The highest BCUT2D eigenvalue weighted by atomic mass is 16.5. The number of nitrogens with zero attached hydrogens (tertiary/aromatic N) is 4. The van der Waals surface area contributed by atoms with E-state index in [4.69, 9.17) is 4.74 Å². The summed E-state index contributed by atoms with van der Waals surface area (Å²) in [6.45, 7) is 3.82. The normalized spacial score (nSPS) is 17.6. The van der Waals surface area contributed by atoms with E-state index >= 15 is 0 Å². The molecule has 2 amide bonds. The van der Waals surface area contributed by atoms with Crippen LogP contribution in [0.1, 0.15) is 23.2 Å². The lowest BCUT2D eigenvalue weighted by atomic mass is 10.0. The Morgan fingerprint density at radius 1 is 1.05 bits per heavy atom. The summed E-state index contributed by atoms with van der Waals surface area (Å²) in [7, 11) is 0. The van der Waals surface area contributed by atoms with Gasteiger partial charge in [-0.2, -0.15) is 0 Å². The molecule has 0 aliphatic carbocycles. The number of piperidine rings is 1. The predicted molar refractivity (Wildman–Crippen MR) is 136 cm³/mol. The minimum Gasteiger partial charge on any atom is -0.480 e. The number of hydrogen-bond donors (Lipinski definition) is 4. The van der Waals surface area contributed by atoms with Gasteiger partial charge in [0.05, 0.1) is 19.8 Å². The summed E-state index contributed by atoms with van der Waals surface area (Å²) >= 11 is 0. The maximum absolute atomic E-state index is 12.8. The fraction of sp³-hybridized carbons (Fsp3) is 0.480. The number of nitrogens with one attached hydrogen (secondary N) is 3. The minimum absolute atomic E-state index is 0.0910. The molecular formula is C25H33N7O5. The van der Waals surface area contributed by atoms with Crippen molar-refractivity contribution in [3.05, 3.63) is 48.3 Å². The van der Waals surface area contributed by atoms with E-state index < -0.39 is 23.8 Å². The van der Waals surface area contributed by atoms with Gasteiger partial charge in [-0.1, -0.05) is 6.07 Å². The molecule has 2 aliphatic rings. The van der Waals surface area contributed by atoms with Gasteiger partial charge in [-0.25, -0.2) is 14.8 Å². The van der Waals surface area contributed by atoms with Crippen molar-refractivity contribution < 1.29 is 24.2 Å². The molecule has 4 rings (SSSR count). The molecule has 37 heavy (non-hydrogen) atoms. The SMILES string of the molecule is O=C(CN1CCOCC1)N[C@@H](CNC(=O)c1cccc(N2CCC(Nc3ncccn3)CC2)c1)C(=O)O. The number of hydrogen-bond acceptors (Lipinski definition) is 9. The van der Waals surface area contributed by atoms with Crippen molar-refractivity contribution in [2.45, 2.75) is 24.9 Å². The first-order valence-corrected chi connectivity index (χ1v) is 12.5. The molecule has 2 aromatic rings. The Morgan fingerprint density at radius 2 is 1.78 bits per heavy atom. The number of carboxylic acid groups (broad SMARTS) is 1. The van der Waals surface area contributed by atoms with E-state index in [-0.39, 0.29) is 19.1 Å². The molecule has 0 radical (unpaired) electrons. The zero-order chi connectivity index (χ0) is 26.0. The second-order valence-corrected chi connectivity index (χ2v) is 9.09. The van der Waals surface area contributed by atoms with E-state index in [1.807, 2.05) is 17.0 Å². The van der Waals surface area contributed by atoms with Crippen molar-refractivity contribution >= 4 is 29.4 Å². The average molecular weight is 512 g/mol. The summed E-state index contributed by atoms with van der Waals surface area (Å²) in [4.78, 5) is 49.3. The van der Waals surface area contributed by atoms with Gasteiger partial charge < -0.3 is 30.7 Å². The molecule has 2 fully saturated rings. The number of aliphatic carboxylic acids is 1. The maximum Gasteiger partial charge on any atom is 0.328 e. The fourth-order valence-corrected chi connectivity index (χ4v) is 4.38. The number of morpholine rings is 1. The van der Waals surface area contributed by atoms with Crippen molar-refractivity contribution in [2.75, 3.05) is 62.7 Å². The summed E-state index contributed by atoms with van der Waals surface area (Å²) in [5, 5.41) is 18.0. The van der Waals surface area contributed by atoms with E-state index in [0.717, 1.165) is 31.6 Å². The second-order valence-electron chi connectivity index (χ2n) is 9.09. The number of rotatable bonds is 10. The second kappa shape index (κ2) is 13.0. The van der Waals surface area contributed by atoms with Crippen molar-refractivity contribution in [1.29, 1.82) is 0 Å². The molecule has 1 atom stereocenters. The quantitative estimate of drug-likeness (QED) is 0.348. The topological polar surface area (TPSA) is 149 Å². The molecule has 198 valence electrons. The average Bonchev–Trinajstić information content (AvgIpc) is 2.92. The van der Waals surface area contributed by atoms with Crippen LogP contribution in [0.3, 0.4) is 0 Å². The number of amides is 2. The summed E-state index contributed by atoms with van der Waals surface area (Å²) in [6, 6.07) is 8.09. The third-order valence-electron chi connectivity index (χ3n) is 6.44. The van der Waals surface area contributed by atoms with Crippen molar-refractivity contribution in [3.63, 3.8) is 0 Å². The molecule has 3 heterocycles. The highest BCUT2D eigenvalue weighted by Gasteiger charge is 2.24. The Labute approximate surface area is 215 Å². The fourth-order valence-electron chi connectivity index (χ4n) is 4.38. The molecule has 12 nitrogen and oxygen atoms in total. The lowest BCUT2D eigenvalue weighted by molar-refractivity contribution is -0.141. The first-order chi connectivity index (χ1) is 18.0. The first-order valence-electron chi connectivity index (χ1n) is 12.5. The van der Waals surface area contributed by atoms with E-state index in [1.165, 1.54) is 0 Å². The van der Waals surface area contributed by atoms with Crippen molar-refractivity contribution in [1.82, 2.24) is 25.5 Å². The van der Waals surface area contributed by atoms with Gasteiger partial charge in [-0.05, 0) is 37.1 Å². The van der Waals surface area contributed by atoms with Crippen LogP contribution in [0.5, 0.6) is 0 Å². The molecule has 4 N–H and O–H groups in total. The summed E-state index contributed by atoms with van der Waals surface area (Å²) in [6.07, 6.45) is 5.22. The predicted octanol–water partition coefficient (Wildman–Crippen LogP) is 0.189. The molecule has 0 bridgehead atoms. The minimum atomic E-state index is -1.22. The van der Waals surface area contributed by atoms with E-state index in [1.54, 1.807) is 30.6 Å². The maximum atomic E-state index is 12.8. The van der Waals surface area contributed by atoms with Crippen LogP contribution >= 0.6 is 0 Å². The smallest absolute Gasteiger partial charge is 0.328 e. The summed E-state index contributed by atoms with van der Waals surface area (Å²) < 4.78 is 5.26. The van der Waals surface area contributed by atoms with Gasteiger partial charge in [0.2, 0.25) is 11.9 Å². The summed E-state index contributed by atoms with van der Waals surface area (Å²) in [5.74, 6) is -1.38. The van der Waals surface area contributed by atoms with Crippen molar-refractivity contribution in [2.24, 2.45) is 0 Å². The number of carboxylic acids is 1. The van der Waals surface area contributed by atoms with Crippen LogP contribution in [-0.2, 0) is 14.3 Å². The highest BCUT2D eigenvalue weighted by Crippen LogP contribution is 2.22. The molecule has 0 spiro atoms. The standard InChI is InChI=1S/C25H33N7O5/c33-22(17-31-11-13-37-14-12-31)30-21(24(35)36)16-28-23(34)18-3-1-4-20(15-18)32-9-5-19(6-10-32)29-25-26-7-2-8-27-25/h1-4,7-8,15,19,21H,5-6,9-14,16-17H2,(H,28,34)(H,30,33)(H,35,36)(H,26,27,29)/t21-/m0/s1. The Kier molecular flexibility index (Phi) is 9.22. The Bertz CT molecular complexity index is 1060. The number of carbonyl (C=O) groups is 3. The number of anilines is 2. The lowest BCUT2D eigenvalue weighted by Crippen LogP contribution is -2.52. The third kappa shape index (κ3) is 7.86. The van der Waals surface area contributed by atoms with Gasteiger partial charge in [0.25, 0.3) is 5.91 Å². The molecule has 12 heteroatoms. The summed E-state index contributed by atoms with van der Waals surface area (Å²) in [5.41, 5.74) is 1.36. The van der Waals surface area contributed by atoms with E-state index in [0.29, 0.717) is 37.8 Å². The van der Waals surface area contributed by atoms with E-state index in [9.17, 15) is 19.5 Å². The zero-order valence-electron chi connectivity index (χ0n) is 20.6. The third-order valence-corrected chi connectivity index (χ3v) is 6.44. The monoisotopic (exact) mass is 511 g/mol. The molecule has 2 saturated heterocycles. The van der Waals surface area contributed by atoms with Crippen LogP contribution in [0.2, 0.25) is 0 Å². The Balaban J connectivity index is 1.26. The van der Waals surface area contributed by atoms with Crippen LogP contribution in [0.15, 0.2) is 42.7 Å². The van der Waals surface area contributed by atoms with Crippen molar-refractivity contribution in [3.8, 4) is 0 Å². The van der Waals surface area contributed by atoms with Crippen LogP contribution in [0, 0.1) is 0 Å². The molecule has 1 aromatic heterocycles. The van der Waals surface area contributed by atoms with Crippen LogP contribution < -0.4 is 20.9 Å². The lowest BCUT2D eigenvalue weighted by Gasteiger charge is -2.34. The van der Waals surface area contributed by atoms with Gasteiger partial charge in [0, 0.05) is 62.4 Å². The Hall–Kier alpha value is -3.77. The van der Waals surface area contributed by atoms with Gasteiger partial charge in [-0.15, -0.1) is 0 Å². The van der Waals surface area contributed by atoms with Gasteiger partial charge in [-0.3, -0.25) is 14.5 Å². The van der Waals surface area contributed by atoms with Crippen LogP contribution in [0.25, 0.3) is 0 Å². The zero-order valence-corrected chi connectivity index (χ0v) is 20.6.